The van der Waals surface area contributed by atoms with E-state index in [2.05, 4.69) is 37.9 Å². The third kappa shape index (κ3) is 2.82. The summed E-state index contributed by atoms with van der Waals surface area (Å²) in [4.78, 5) is 14.7. The number of hydrogen-bond donors (Lipinski definition) is 1. The van der Waals surface area contributed by atoms with Crippen molar-refractivity contribution in [3.05, 3.63) is 49.0 Å². The molecule has 0 saturated carbocycles. The second kappa shape index (κ2) is 6.20. The Morgan fingerprint density at radius 1 is 1.38 bits per heavy atom. The van der Waals surface area contributed by atoms with E-state index in [4.69, 9.17) is 5.73 Å². The topological polar surface area (TPSA) is 46.3 Å². The summed E-state index contributed by atoms with van der Waals surface area (Å²) in [5.41, 5.74) is 8.65. The van der Waals surface area contributed by atoms with E-state index in [0.717, 1.165) is 19.7 Å². The Morgan fingerprint density at radius 3 is 2.81 bits per heavy atom. The van der Waals surface area contributed by atoms with Gasteiger partial charge in [-0.1, -0.05) is 18.2 Å². The molecule has 0 aliphatic carbocycles. The molecule has 1 unspecified atom stereocenters. The Hall–Kier alpha value is -0.690. The monoisotopic (exact) mass is 428 g/mol. The van der Waals surface area contributed by atoms with E-state index in [1.165, 1.54) is 16.9 Å². The lowest BCUT2D eigenvalue weighted by atomic mass is 9.98. The lowest BCUT2D eigenvalue weighted by Crippen LogP contribution is -2.30. The molecule has 2 aromatic rings. The average Bonchev–Trinajstić information content (AvgIpc) is 3.00. The molecular formula is C15H14Br2N2OS. The van der Waals surface area contributed by atoms with E-state index in [1.54, 1.807) is 0 Å². The van der Waals surface area contributed by atoms with Crippen LogP contribution in [0.2, 0.25) is 0 Å². The lowest BCUT2D eigenvalue weighted by Gasteiger charge is -2.17. The average molecular weight is 430 g/mol. The van der Waals surface area contributed by atoms with Gasteiger partial charge >= 0.3 is 0 Å². The largest absolute Gasteiger partial charge is 0.330 e. The Bertz CT molecular complexity index is 686. The summed E-state index contributed by atoms with van der Waals surface area (Å²) in [6.07, 6.45) is 0.898. The van der Waals surface area contributed by atoms with Gasteiger partial charge in [0.2, 0.25) is 0 Å². The van der Waals surface area contributed by atoms with E-state index in [1.807, 2.05) is 29.2 Å². The molecule has 0 fully saturated rings. The normalized spacial score (nSPS) is 17.1. The second-order valence-corrected chi connectivity index (χ2v) is 8.74. The van der Waals surface area contributed by atoms with Crippen LogP contribution in [0.15, 0.2) is 37.9 Å². The maximum absolute atomic E-state index is 12.8. The third-order valence-electron chi connectivity index (χ3n) is 3.72. The highest BCUT2D eigenvalue weighted by atomic mass is 79.9. The van der Waals surface area contributed by atoms with Crippen molar-refractivity contribution in [3.63, 3.8) is 0 Å². The van der Waals surface area contributed by atoms with Crippen LogP contribution >= 0.6 is 43.2 Å². The second-order valence-electron chi connectivity index (χ2n) is 4.99. The summed E-state index contributed by atoms with van der Waals surface area (Å²) in [6, 6.07) is 9.98. The zero-order valence-electron chi connectivity index (χ0n) is 11.2. The van der Waals surface area contributed by atoms with Crippen molar-refractivity contribution in [2.45, 2.75) is 12.3 Å². The van der Waals surface area contributed by atoms with Crippen LogP contribution in [0.3, 0.4) is 0 Å². The quantitative estimate of drug-likeness (QED) is 0.787. The van der Waals surface area contributed by atoms with E-state index >= 15 is 0 Å². The van der Waals surface area contributed by atoms with E-state index < -0.39 is 0 Å². The van der Waals surface area contributed by atoms with Crippen molar-refractivity contribution in [1.82, 2.24) is 0 Å². The molecular weight excluding hydrogens is 416 g/mol. The highest BCUT2D eigenvalue weighted by molar-refractivity contribution is 9.12. The number of halogens is 2. The lowest BCUT2D eigenvalue weighted by molar-refractivity contribution is 0.0987. The number of amides is 1. The molecule has 0 saturated heterocycles. The number of thiophene rings is 1. The number of para-hydroxylation sites is 1. The smallest absolute Gasteiger partial charge is 0.260 e. The first-order chi connectivity index (χ1) is 10.1. The van der Waals surface area contributed by atoms with Crippen LogP contribution in [-0.2, 0) is 0 Å². The standard InChI is InChI=1S/C15H14Br2N2OS/c16-13-7-11(14(17)21-13)15(20)19-8-9(5-6-18)10-3-1-2-4-12(10)19/h1-4,7,9H,5-6,8,18H2. The van der Waals surface area contributed by atoms with E-state index in [0.29, 0.717) is 24.6 Å². The van der Waals surface area contributed by atoms with Crippen LogP contribution in [0.25, 0.3) is 0 Å². The SMILES string of the molecule is NCCC1CN(C(=O)c2cc(Br)sc2Br)c2ccccc21. The molecule has 0 radical (unpaired) electrons. The molecule has 3 nitrogen and oxygen atoms in total. The first-order valence-corrected chi connectivity index (χ1v) is 9.07. The molecule has 0 spiro atoms. The Labute approximate surface area is 144 Å². The fourth-order valence-corrected chi connectivity index (χ4v) is 5.54. The van der Waals surface area contributed by atoms with Crippen LogP contribution in [-0.4, -0.2) is 19.0 Å². The van der Waals surface area contributed by atoms with Crippen molar-refractivity contribution < 1.29 is 4.79 Å². The number of hydrogen-bond acceptors (Lipinski definition) is 3. The van der Waals surface area contributed by atoms with E-state index in [-0.39, 0.29) is 5.91 Å². The van der Waals surface area contributed by atoms with Crippen LogP contribution in [0, 0.1) is 0 Å². The van der Waals surface area contributed by atoms with Gasteiger partial charge in [-0.2, -0.15) is 0 Å². The first-order valence-electron chi connectivity index (χ1n) is 6.67. The summed E-state index contributed by atoms with van der Waals surface area (Å²) < 4.78 is 1.81. The number of rotatable bonds is 3. The summed E-state index contributed by atoms with van der Waals surface area (Å²) in [6.45, 7) is 1.34. The molecule has 0 bridgehead atoms. The van der Waals surface area contributed by atoms with Crippen molar-refractivity contribution in [3.8, 4) is 0 Å². The Balaban J connectivity index is 1.96. The number of nitrogens with two attached hydrogens (primary N) is 1. The Kier molecular flexibility index (Phi) is 4.49. The fraction of sp³-hybridized carbons (Fsp3) is 0.267. The Morgan fingerprint density at radius 2 is 2.14 bits per heavy atom. The molecule has 1 amide bonds. The van der Waals surface area contributed by atoms with Gasteiger partial charge in [-0.25, -0.2) is 0 Å². The molecule has 1 aliphatic heterocycles. The summed E-state index contributed by atoms with van der Waals surface area (Å²) >= 11 is 8.42. The van der Waals surface area contributed by atoms with Crippen LogP contribution in [0.4, 0.5) is 5.69 Å². The molecule has 1 atom stereocenters. The van der Waals surface area contributed by atoms with Gasteiger partial charge in [-0.05, 0) is 62.5 Å². The summed E-state index contributed by atoms with van der Waals surface area (Å²) in [7, 11) is 0. The molecule has 1 aromatic heterocycles. The minimum Gasteiger partial charge on any atom is -0.330 e. The number of nitrogens with zero attached hydrogens (tertiary/aromatic N) is 1. The van der Waals surface area contributed by atoms with Crippen molar-refractivity contribution in [2.24, 2.45) is 5.73 Å². The van der Waals surface area contributed by atoms with Gasteiger partial charge in [0.05, 0.1) is 13.1 Å². The van der Waals surface area contributed by atoms with Gasteiger partial charge in [-0.3, -0.25) is 4.79 Å². The maximum Gasteiger partial charge on any atom is 0.260 e. The predicted molar refractivity (Wildman–Crippen MR) is 94.2 cm³/mol. The van der Waals surface area contributed by atoms with Crippen molar-refractivity contribution in [2.75, 3.05) is 18.0 Å². The van der Waals surface area contributed by atoms with Gasteiger partial charge in [0.25, 0.3) is 5.91 Å². The summed E-state index contributed by atoms with van der Waals surface area (Å²) in [5.74, 6) is 0.367. The number of fused-ring (bicyclic) bond motifs is 1. The number of carbonyl (C=O) groups excluding carboxylic acids is 1. The van der Waals surface area contributed by atoms with Gasteiger partial charge in [0.15, 0.2) is 0 Å². The van der Waals surface area contributed by atoms with Crippen molar-refractivity contribution in [1.29, 1.82) is 0 Å². The molecule has 6 heteroatoms. The summed E-state index contributed by atoms with van der Waals surface area (Å²) in [5, 5.41) is 0. The van der Waals surface area contributed by atoms with Crippen LogP contribution in [0.5, 0.6) is 0 Å². The maximum atomic E-state index is 12.8. The molecule has 2 heterocycles. The first kappa shape index (κ1) is 15.2. The van der Waals surface area contributed by atoms with Gasteiger partial charge in [-0.15, -0.1) is 11.3 Å². The molecule has 1 aromatic carbocycles. The number of benzene rings is 1. The zero-order valence-corrected chi connectivity index (χ0v) is 15.2. The number of carbonyl (C=O) groups is 1. The minimum atomic E-state index is 0.0378. The van der Waals surface area contributed by atoms with Crippen LogP contribution in [0.1, 0.15) is 28.3 Å². The highest BCUT2D eigenvalue weighted by Gasteiger charge is 2.33. The molecule has 1 aliphatic rings. The zero-order chi connectivity index (χ0) is 15.0. The minimum absolute atomic E-state index is 0.0378. The van der Waals surface area contributed by atoms with Gasteiger partial charge in [0, 0.05) is 18.2 Å². The van der Waals surface area contributed by atoms with Crippen molar-refractivity contribution >= 4 is 54.8 Å². The number of anilines is 1. The highest BCUT2D eigenvalue weighted by Crippen LogP contribution is 2.40. The van der Waals surface area contributed by atoms with Crippen LogP contribution < -0.4 is 10.6 Å². The third-order valence-corrected chi connectivity index (χ3v) is 6.06. The van der Waals surface area contributed by atoms with Gasteiger partial charge < -0.3 is 10.6 Å². The predicted octanol–water partition coefficient (Wildman–Crippen LogP) is 4.37. The van der Waals surface area contributed by atoms with E-state index in [9.17, 15) is 4.79 Å². The fourth-order valence-electron chi connectivity index (χ4n) is 2.77. The molecule has 3 rings (SSSR count). The molecule has 110 valence electrons. The molecule has 2 N–H and O–H groups in total. The molecule has 21 heavy (non-hydrogen) atoms. The van der Waals surface area contributed by atoms with Gasteiger partial charge in [0.1, 0.15) is 0 Å².